The van der Waals surface area contributed by atoms with E-state index in [1.54, 1.807) is 21.3 Å². The van der Waals surface area contributed by atoms with Gasteiger partial charge in [0.2, 0.25) is 0 Å². The molecule has 0 aliphatic carbocycles. The maximum absolute atomic E-state index is 11.7. The SMILES string of the molecule is COc1cccc(CC2C(O)c3ccc(OC)cc3-c3cc(OC)ccc3CCN2C)c1. The molecular formula is C27H31NO4. The molecule has 4 rings (SSSR count). The van der Waals surface area contributed by atoms with Crippen molar-refractivity contribution in [2.24, 2.45) is 0 Å². The third-order valence-corrected chi connectivity index (χ3v) is 6.43. The zero-order chi connectivity index (χ0) is 22.7. The number of nitrogens with zero attached hydrogens (tertiary/aromatic N) is 1. The Bertz CT molecular complexity index is 1080. The highest BCUT2D eigenvalue weighted by Crippen LogP contribution is 2.39. The number of aliphatic hydroxyl groups excluding tert-OH is 1. The predicted molar refractivity (Wildman–Crippen MR) is 127 cm³/mol. The van der Waals surface area contributed by atoms with Crippen LogP contribution in [0.25, 0.3) is 11.1 Å². The maximum Gasteiger partial charge on any atom is 0.119 e. The Hall–Kier alpha value is -3.02. The summed E-state index contributed by atoms with van der Waals surface area (Å²) >= 11 is 0. The molecule has 1 N–H and O–H groups in total. The predicted octanol–water partition coefficient (Wildman–Crippen LogP) is 4.51. The Morgan fingerprint density at radius 1 is 0.844 bits per heavy atom. The molecular weight excluding hydrogens is 402 g/mol. The van der Waals surface area contributed by atoms with E-state index in [0.29, 0.717) is 6.42 Å². The first-order valence-electron chi connectivity index (χ1n) is 10.9. The first-order chi connectivity index (χ1) is 15.5. The largest absolute Gasteiger partial charge is 0.497 e. The van der Waals surface area contributed by atoms with Gasteiger partial charge in [-0.05, 0) is 84.1 Å². The smallest absolute Gasteiger partial charge is 0.119 e. The van der Waals surface area contributed by atoms with E-state index in [0.717, 1.165) is 52.5 Å². The van der Waals surface area contributed by atoms with Gasteiger partial charge < -0.3 is 19.3 Å². The Morgan fingerprint density at radius 3 is 2.22 bits per heavy atom. The fraction of sp³-hybridized carbons (Fsp3) is 0.333. The summed E-state index contributed by atoms with van der Waals surface area (Å²) in [4.78, 5) is 2.26. The summed E-state index contributed by atoms with van der Waals surface area (Å²) in [6.07, 6.45) is 0.901. The van der Waals surface area contributed by atoms with Crippen LogP contribution >= 0.6 is 0 Å². The monoisotopic (exact) mass is 433 g/mol. The van der Waals surface area contributed by atoms with Crippen LogP contribution < -0.4 is 14.2 Å². The zero-order valence-electron chi connectivity index (χ0n) is 19.2. The fourth-order valence-corrected chi connectivity index (χ4v) is 4.52. The Morgan fingerprint density at radius 2 is 1.50 bits per heavy atom. The van der Waals surface area contributed by atoms with E-state index < -0.39 is 6.10 Å². The lowest BCUT2D eigenvalue weighted by Gasteiger charge is -2.32. The molecule has 5 heteroatoms. The Labute approximate surface area is 190 Å². The molecule has 5 nitrogen and oxygen atoms in total. The van der Waals surface area contributed by atoms with Crippen LogP contribution in [0.2, 0.25) is 0 Å². The van der Waals surface area contributed by atoms with Gasteiger partial charge in [-0.2, -0.15) is 0 Å². The van der Waals surface area contributed by atoms with Gasteiger partial charge in [-0.3, -0.25) is 4.90 Å². The van der Waals surface area contributed by atoms with Crippen molar-refractivity contribution < 1.29 is 19.3 Å². The van der Waals surface area contributed by atoms with E-state index in [1.807, 2.05) is 42.5 Å². The molecule has 168 valence electrons. The van der Waals surface area contributed by atoms with E-state index in [-0.39, 0.29) is 6.04 Å². The molecule has 0 bridgehead atoms. The zero-order valence-corrected chi connectivity index (χ0v) is 19.2. The molecule has 32 heavy (non-hydrogen) atoms. The highest BCUT2D eigenvalue weighted by molar-refractivity contribution is 5.74. The second-order valence-electron chi connectivity index (χ2n) is 8.27. The second kappa shape index (κ2) is 9.63. The van der Waals surface area contributed by atoms with Crippen LogP contribution in [0.4, 0.5) is 0 Å². The molecule has 1 aliphatic rings. The summed E-state index contributed by atoms with van der Waals surface area (Å²) < 4.78 is 16.4. The van der Waals surface area contributed by atoms with Crippen molar-refractivity contribution in [3.05, 3.63) is 77.4 Å². The number of likely N-dealkylation sites (N-methyl/N-ethyl adjacent to an activating group) is 1. The number of fused-ring (bicyclic) bond motifs is 3. The lowest BCUT2D eigenvalue weighted by atomic mass is 9.88. The topological polar surface area (TPSA) is 51.2 Å². The van der Waals surface area contributed by atoms with E-state index in [2.05, 4.69) is 30.1 Å². The van der Waals surface area contributed by atoms with Gasteiger partial charge in [0, 0.05) is 12.6 Å². The average molecular weight is 434 g/mol. The number of hydrogen-bond donors (Lipinski definition) is 1. The minimum Gasteiger partial charge on any atom is -0.497 e. The van der Waals surface area contributed by atoms with Crippen LogP contribution in [-0.2, 0) is 12.8 Å². The summed E-state index contributed by atoms with van der Waals surface area (Å²) in [5.41, 5.74) is 5.31. The second-order valence-corrected chi connectivity index (χ2v) is 8.27. The van der Waals surface area contributed by atoms with Crippen molar-refractivity contribution in [2.45, 2.75) is 25.0 Å². The van der Waals surface area contributed by atoms with Gasteiger partial charge in [-0.1, -0.05) is 24.3 Å². The summed E-state index contributed by atoms with van der Waals surface area (Å²) in [7, 11) is 7.11. The van der Waals surface area contributed by atoms with Crippen LogP contribution in [-0.4, -0.2) is 51.0 Å². The first-order valence-corrected chi connectivity index (χ1v) is 10.9. The minimum absolute atomic E-state index is 0.0922. The number of aliphatic hydroxyl groups is 1. The van der Waals surface area contributed by atoms with Crippen LogP contribution in [0.5, 0.6) is 17.2 Å². The van der Waals surface area contributed by atoms with Crippen LogP contribution in [0.1, 0.15) is 22.8 Å². The molecule has 0 aromatic heterocycles. The van der Waals surface area contributed by atoms with Gasteiger partial charge in [-0.25, -0.2) is 0 Å². The third kappa shape index (κ3) is 4.45. The van der Waals surface area contributed by atoms with E-state index >= 15 is 0 Å². The Kier molecular flexibility index (Phi) is 6.68. The summed E-state index contributed by atoms with van der Waals surface area (Å²) in [5.74, 6) is 2.39. The van der Waals surface area contributed by atoms with E-state index in [4.69, 9.17) is 14.2 Å². The normalized spacial score (nSPS) is 18.5. The Balaban J connectivity index is 1.82. The molecule has 0 saturated heterocycles. The molecule has 0 amide bonds. The highest BCUT2D eigenvalue weighted by atomic mass is 16.5. The lowest BCUT2D eigenvalue weighted by Crippen LogP contribution is -2.39. The molecule has 0 radical (unpaired) electrons. The van der Waals surface area contributed by atoms with Crippen molar-refractivity contribution in [1.82, 2.24) is 4.90 Å². The molecule has 0 spiro atoms. The molecule has 1 aliphatic heterocycles. The average Bonchev–Trinajstić information content (AvgIpc) is 2.88. The van der Waals surface area contributed by atoms with Crippen molar-refractivity contribution in [1.29, 1.82) is 0 Å². The fourth-order valence-electron chi connectivity index (χ4n) is 4.52. The number of rotatable bonds is 5. The van der Waals surface area contributed by atoms with E-state index in [9.17, 15) is 5.11 Å². The quantitative estimate of drug-likeness (QED) is 0.642. The van der Waals surface area contributed by atoms with Crippen molar-refractivity contribution in [3.63, 3.8) is 0 Å². The standard InChI is InChI=1S/C27H31NO4/c1-28-13-12-19-8-9-21(31-3)16-24(19)25-17-22(32-4)10-11-23(25)27(29)26(28)15-18-6-5-7-20(14-18)30-2/h5-11,14,16-17,26-27,29H,12-13,15H2,1-4H3. The lowest BCUT2D eigenvalue weighted by molar-refractivity contribution is 0.0638. The molecule has 2 atom stereocenters. The van der Waals surface area contributed by atoms with Gasteiger partial charge >= 0.3 is 0 Å². The molecule has 1 heterocycles. The van der Waals surface area contributed by atoms with Gasteiger partial charge in [0.05, 0.1) is 27.4 Å². The number of methoxy groups -OCH3 is 3. The number of benzene rings is 3. The third-order valence-electron chi connectivity index (χ3n) is 6.43. The van der Waals surface area contributed by atoms with Crippen molar-refractivity contribution in [2.75, 3.05) is 34.9 Å². The first kappa shape index (κ1) is 22.2. The van der Waals surface area contributed by atoms with Gasteiger partial charge in [0.25, 0.3) is 0 Å². The molecule has 2 unspecified atom stereocenters. The summed E-state index contributed by atoms with van der Waals surface area (Å²) in [5, 5.41) is 11.7. The van der Waals surface area contributed by atoms with Gasteiger partial charge in [0.1, 0.15) is 17.2 Å². The molecule has 3 aromatic rings. The minimum atomic E-state index is -0.677. The van der Waals surface area contributed by atoms with Crippen LogP contribution in [0.3, 0.4) is 0 Å². The molecule has 0 fully saturated rings. The van der Waals surface area contributed by atoms with Crippen LogP contribution in [0.15, 0.2) is 60.7 Å². The number of hydrogen-bond acceptors (Lipinski definition) is 5. The highest BCUT2D eigenvalue weighted by Gasteiger charge is 2.30. The van der Waals surface area contributed by atoms with Gasteiger partial charge in [-0.15, -0.1) is 0 Å². The van der Waals surface area contributed by atoms with E-state index in [1.165, 1.54) is 5.56 Å². The van der Waals surface area contributed by atoms with Gasteiger partial charge in [0.15, 0.2) is 0 Å². The van der Waals surface area contributed by atoms with Crippen LogP contribution in [0, 0.1) is 0 Å². The van der Waals surface area contributed by atoms with Crippen molar-refractivity contribution >= 4 is 0 Å². The van der Waals surface area contributed by atoms with Crippen molar-refractivity contribution in [3.8, 4) is 28.4 Å². The summed E-state index contributed by atoms with van der Waals surface area (Å²) in [6.45, 7) is 0.830. The molecule has 3 aromatic carbocycles. The number of ether oxygens (including phenoxy) is 3. The summed E-state index contributed by atoms with van der Waals surface area (Å²) in [6, 6.07) is 20.1. The maximum atomic E-state index is 11.7. The molecule has 0 saturated carbocycles.